The normalized spacial score (nSPS) is 14.4. The maximum absolute atomic E-state index is 5.60. The number of anilines is 1. The summed E-state index contributed by atoms with van der Waals surface area (Å²) in [5.74, 6) is 1.04. The molecule has 110 valence electrons. The van der Waals surface area contributed by atoms with E-state index in [0.717, 1.165) is 18.8 Å². The minimum Gasteiger partial charge on any atom is -0.493 e. The lowest BCUT2D eigenvalue weighted by molar-refractivity contribution is 0.357. The van der Waals surface area contributed by atoms with Crippen molar-refractivity contribution in [2.75, 3.05) is 32.6 Å². The van der Waals surface area contributed by atoms with E-state index < -0.39 is 0 Å². The van der Waals surface area contributed by atoms with Crippen molar-refractivity contribution in [2.45, 2.75) is 12.5 Å². The van der Waals surface area contributed by atoms with E-state index in [-0.39, 0.29) is 6.04 Å². The van der Waals surface area contributed by atoms with Gasteiger partial charge in [0.05, 0.1) is 12.6 Å². The van der Waals surface area contributed by atoms with Crippen LogP contribution in [0.4, 0.5) is 5.69 Å². The number of nitrogens with zero attached hydrogens (tertiary/aromatic N) is 1. The zero-order valence-electron chi connectivity index (χ0n) is 12.9. The molecule has 0 spiro atoms. The highest BCUT2D eigenvalue weighted by Gasteiger charge is 2.17. The smallest absolute Gasteiger partial charge is 0.122 e. The summed E-state index contributed by atoms with van der Waals surface area (Å²) < 4.78 is 5.60. The molecule has 0 aliphatic carbocycles. The molecule has 0 radical (unpaired) electrons. The van der Waals surface area contributed by atoms with E-state index in [1.54, 1.807) is 0 Å². The molecule has 1 heterocycles. The van der Waals surface area contributed by atoms with Gasteiger partial charge in [0, 0.05) is 26.2 Å². The molecule has 3 heteroatoms. The van der Waals surface area contributed by atoms with Crippen LogP contribution in [0.25, 0.3) is 0 Å². The third-order valence-electron chi connectivity index (χ3n) is 4.06. The molecule has 1 atom stereocenters. The third kappa shape index (κ3) is 2.74. The summed E-state index contributed by atoms with van der Waals surface area (Å²) in [5.41, 5.74) is 5.11. The zero-order valence-corrected chi connectivity index (χ0v) is 12.9. The quantitative estimate of drug-likeness (QED) is 0.933. The van der Waals surface area contributed by atoms with Crippen LogP contribution in [0.3, 0.4) is 0 Å². The minimum absolute atomic E-state index is 0.204. The van der Waals surface area contributed by atoms with Crippen molar-refractivity contribution >= 4 is 5.69 Å². The predicted molar refractivity (Wildman–Crippen MR) is 87.3 cm³/mol. The minimum atomic E-state index is 0.204. The summed E-state index contributed by atoms with van der Waals surface area (Å²) in [6.45, 7) is 0.805. The second kappa shape index (κ2) is 5.78. The number of benzene rings is 2. The Morgan fingerprint density at radius 3 is 2.67 bits per heavy atom. The van der Waals surface area contributed by atoms with Crippen molar-refractivity contribution in [3.05, 3.63) is 59.2 Å². The number of rotatable bonds is 4. The first-order valence-corrected chi connectivity index (χ1v) is 7.39. The van der Waals surface area contributed by atoms with Crippen LogP contribution < -0.4 is 15.0 Å². The Hall–Kier alpha value is -2.00. The summed E-state index contributed by atoms with van der Waals surface area (Å²) in [7, 11) is 6.15. The van der Waals surface area contributed by atoms with E-state index in [4.69, 9.17) is 4.74 Å². The molecule has 0 saturated heterocycles. The lowest BCUT2D eigenvalue weighted by Crippen LogP contribution is -2.18. The molecule has 0 saturated carbocycles. The molecule has 2 aromatic rings. The monoisotopic (exact) mass is 282 g/mol. The van der Waals surface area contributed by atoms with Gasteiger partial charge < -0.3 is 15.0 Å². The van der Waals surface area contributed by atoms with Gasteiger partial charge in [-0.15, -0.1) is 0 Å². The van der Waals surface area contributed by atoms with Crippen LogP contribution in [-0.2, 0) is 6.42 Å². The lowest BCUT2D eigenvalue weighted by Gasteiger charge is -2.20. The van der Waals surface area contributed by atoms with Gasteiger partial charge >= 0.3 is 0 Å². The van der Waals surface area contributed by atoms with Crippen molar-refractivity contribution in [2.24, 2.45) is 0 Å². The second-order valence-corrected chi connectivity index (χ2v) is 5.68. The van der Waals surface area contributed by atoms with Crippen molar-refractivity contribution in [3.8, 4) is 5.75 Å². The Morgan fingerprint density at radius 1 is 1.10 bits per heavy atom. The van der Waals surface area contributed by atoms with Gasteiger partial charge in [-0.3, -0.25) is 0 Å². The Bertz CT molecular complexity index is 637. The van der Waals surface area contributed by atoms with E-state index in [0.29, 0.717) is 0 Å². The maximum atomic E-state index is 5.60. The zero-order chi connectivity index (χ0) is 14.8. The number of fused-ring (bicyclic) bond motifs is 1. The van der Waals surface area contributed by atoms with Gasteiger partial charge in [-0.05, 0) is 41.9 Å². The van der Waals surface area contributed by atoms with Crippen molar-refractivity contribution in [1.82, 2.24) is 5.32 Å². The summed E-state index contributed by atoms with van der Waals surface area (Å²) in [5, 5.41) is 3.43. The molecule has 3 rings (SSSR count). The van der Waals surface area contributed by atoms with Crippen LogP contribution >= 0.6 is 0 Å². The number of nitrogens with one attached hydrogen (secondary N) is 1. The van der Waals surface area contributed by atoms with Gasteiger partial charge in [0.15, 0.2) is 0 Å². The average Bonchev–Trinajstić information content (AvgIpc) is 2.96. The Morgan fingerprint density at radius 2 is 1.90 bits per heavy atom. The highest BCUT2D eigenvalue weighted by molar-refractivity contribution is 5.50. The molecule has 1 N–H and O–H groups in total. The van der Waals surface area contributed by atoms with E-state index in [1.807, 2.05) is 7.05 Å². The highest BCUT2D eigenvalue weighted by Crippen LogP contribution is 2.31. The molecule has 0 bridgehead atoms. The van der Waals surface area contributed by atoms with Gasteiger partial charge in [-0.25, -0.2) is 0 Å². The molecular weight excluding hydrogens is 260 g/mol. The van der Waals surface area contributed by atoms with Crippen LogP contribution in [-0.4, -0.2) is 27.7 Å². The molecule has 21 heavy (non-hydrogen) atoms. The molecule has 0 fully saturated rings. The fourth-order valence-electron chi connectivity index (χ4n) is 2.89. The Labute approximate surface area is 126 Å². The van der Waals surface area contributed by atoms with E-state index in [9.17, 15) is 0 Å². The van der Waals surface area contributed by atoms with Gasteiger partial charge in [-0.1, -0.05) is 24.3 Å². The predicted octanol–water partition coefficient (Wildman–Crippen LogP) is 3.00. The third-order valence-corrected chi connectivity index (χ3v) is 4.06. The fourth-order valence-corrected chi connectivity index (χ4v) is 2.89. The first kappa shape index (κ1) is 14.0. The summed E-state index contributed by atoms with van der Waals surface area (Å²) in [4.78, 5) is 2.13. The molecule has 1 unspecified atom stereocenters. The van der Waals surface area contributed by atoms with Crippen LogP contribution in [0, 0.1) is 0 Å². The first-order valence-electron chi connectivity index (χ1n) is 7.39. The van der Waals surface area contributed by atoms with Crippen LogP contribution in [0.1, 0.15) is 22.7 Å². The van der Waals surface area contributed by atoms with Gasteiger partial charge in [0.25, 0.3) is 0 Å². The Balaban J connectivity index is 1.96. The van der Waals surface area contributed by atoms with Gasteiger partial charge in [0.1, 0.15) is 5.75 Å². The van der Waals surface area contributed by atoms with Gasteiger partial charge in [-0.2, -0.15) is 0 Å². The standard InChI is InChI=1S/C18H22N2O/c1-19-18(14-5-4-6-16(12-14)20(2)3)15-7-8-17-13(11-15)9-10-21-17/h4-8,11-12,18-19H,9-10H2,1-3H3. The second-order valence-electron chi connectivity index (χ2n) is 5.68. The summed E-state index contributed by atoms with van der Waals surface area (Å²) >= 11 is 0. The van der Waals surface area contributed by atoms with Crippen LogP contribution in [0.5, 0.6) is 5.75 Å². The Kier molecular flexibility index (Phi) is 3.84. The number of hydrogen-bond acceptors (Lipinski definition) is 3. The topological polar surface area (TPSA) is 24.5 Å². The van der Waals surface area contributed by atoms with Crippen molar-refractivity contribution < 1.29 is 4.74 Å². The SMILES string of the molecule is CNC(c1cccc(N(C)C)c1)c1ccc2c(c1)CCO2. The first-order chi connectivity index (χ1) is 10.2. The van der Waals surface area contributed by atoms with Crippen LogP contribution in [0.15, 0.2) is 42.5 Å². The largest absolute Gasteiger partial charge is 0.493 e. The van der Waals surface area contributed by atoms with E-state index in [1.165, 1.54) is 22.4 Å². The summed E-state index contributed by atoms with van der Waals surface area (Å²) in [6, 6.07) is 15.4. The summed E-state index contributed by atoms with van der Waals surface area (Å²) in [6.07, 6.45) is 1.01. The lowest BCUT2D eigenvalue weighted by atomic mass is 9.96. The fraction of sp³-hybridized carbons (Fsp3) is 0.333. The van der Waals surface area contributed by atoms with Gasteiger partial charge in [0.2, 0.25) is 0 Å². The number of ether oxygens (including phenoxy) is 1. The number of hydrogen-bond donors (Lipinski definition) is 1. The molecule has 1 aliphatic heterocycles. The highest BCUT2D eigenvalue weighted by atomic mass is 16.5. The molecule has 1 aliphatic rings. The molecule has 2 aromatic carbocycles. The molecule has 3 nitrogen and oxygen atoms in total. The van der Waals surface area contributed by atoms with Crippen molar-refractivity contribution in [1.29, 1.82) is 0 Å². The molecule has 0 amide bonds. The average molecular weight is 282 g/mol. The molecule has 0 aromatic heterocycles. The van der Waals surface area contributed by atoms with Crippen molar-refractivity contribution in [3.63, 3.8) is 0 Å². The molecular formula is C18H22N2O. The van der Waals surface area contributed by atoms with E-state index in [2.05, 4.69) is 66.8 Å². The maximum Gasteiger partial charge on any atom is 0.122 e. The van der Waals surface area contributed by atoms with E-state index >= 15 is 0 Å². The van der Waals surface area contributed by atoms with Crippen LogP contribution in [0.2, 0.25) is 0 Å².